The number of nitriles is 1. The lowest BCUT2D eigenvalue weighted by molar-refractivity contribution is -0.116. The van der Waals surface area contributed by atoms with Gasteiger partial charge in [-0.25, -0.2) is 5.01 Å². The summed E-state index contributed by atoms with van der Waals surface area (Å²) in [6, 6.07) is 18.0. The number of hydrogen-bond donors (Lipinski definition) is 2. The zero-order valence-corrected chi connectivity index (χ0v) is 16.8. The highest BCUT2D eigenvalue weighted by atomic mass is 35.5. The minimum atomic E-state index is -0.539. The third-order valence-corrected chi connectivity index (χ3v) is 5.62. The molecule has 30 heavy (non-hydrogen) atoms. The first kappa shape index (κ1) is 19.7. The van der Waals surface area contributed by atoms with Crippen molar-refractivity contribution >= 4 is 23.3 Å². The lowest BCUT2D eigenvalue weighted by atomic mass is 9.76. The van der Waals surface area contributed by atoms with Gasteiger partial charge in [-0.3, -0.25) is 15.0 Å². The summed E-state index contributed by atoms with van der Waals surface area (Å²) in [5.74, 6) is -0.851. The molecule has 3 N–H and O–H groups in total. The van der Waals surface area contributed by atoms with Gasteiger partial charge in [-0.1, -0.05) is 41.9 Å². The third kappa shape index (κ3) is 3.44. The number of nitrogens with two attached hydrogens (primary N) is 1. The van der Waals surface area contributed by atoms with Gasteiger partial charge in [-0.15, -0.1) is 0 Å². The van der Waals surface area contributed by atoms with Gasteiger partial charge in [0.05, 0.1) is 17.6 Å². The van der Waals surface area contributed by atoms with E-state index in [-0.39, 0.29) is 17.2 Å². The van der Waals surface area contributed by atoms with Crippen molar-refractivity contribution in [3.8, 4) is 6.07 Å². The monoisotopic (exact) mass is 418 g/mol. The molecule has 1 heterocycles. The van der Waals surface area contributed by atoms with Crippen molar-refractivity contribution in [2.75, 3.05) is 0 Å². The van der Waals surface area contributed by atoms with Gasteiger partial charge in [-0.2, -0.15) is 5.26 Å². The Morgan fingerprint density at radius 1 is 1.13 bits per heavy atom. The molecule has 0 saturated carbocycles. The highest BCUT2D eigenvalue weighted by molar-refractivity contribution is 6.30. The van der Waals surface area contributed by atoms with E-state index in [2.05, 4.69) is 11.5 Å². The van der Waals surface area contributed by atoms with Gasteiger partial charge in [0.2, 0.25) is 0 Å². The van der Waals surface area contributed by atoms with Crippen LogP contribution in [0.5, 0.6) is 0 Å². The normalized spacial score (nSPS) is 18.7. The van der Waals surface area contributed by atoms with E-state index in [0.717, 1.165) is 5.56 Å². The lowest BCUT2D eigenvalue weighted by Crippen LogP contribution is -2.48. The van der Waals surface area contributed by atoms with E-state index in [0.29, 0.717) is 41.1 Å². The Hall–Kier alpha value is -3.56. The number of carbonyl (C=O) groups is 2. The smallest absolute Gasteiger partial charge is 0.270 e. The zero-order chi connectivity index (χ0) is 21.3. The Kier molecular flexibility index (Phi) is 5.30. The van der Waals surface area contributed by atoms with Crippen molar-refractivity contribution in [3.05, 3.63) is 93.4 Å². The van der Waals surface area contributed by atoms with Crippen LogP contribution in [0.3, 0.4) is 0 Å². The van der Waals surface area contributed by atoms with Crippen LogP contribution in [-0.2, 0) is 4.79 Å². The fraction of sp³-hybridized carbons (Fsp3) is 0.174. The van der Waals surface area contributed by atoms with Crippen LogP contribution in [0.4, 0.5) is 0 Å². The van der Waals surface area contributed by atoms with Crippen LogP contribution in [0.15, 0.2) is 77.3 Å². The molecule has 0 saturated heterocycles. The van der Waals surface area contributed by atoms with E-state index in [9.17, 15) is 14.9 Å². The number of nitrogens with zero attached hydrogens (tertiary/aromatic N) is 2. The number of benzene rings is 2. The minimum absolute atomic E-state index is 0.0314. The number of hydrazine groups is 1. The summed E-state index contributed by atoms with van der Waals surface area (Å²) in [6.45, 7) is 0. The summed E-state index contributed by atoms with van der Waals surface area (Å²) in [6.07, 6.45) is 1.63. The first-order valence-corrected chi connectivity index (χ1v) is 9.96. The molecule has 0 aromatic heterocycles. The quantitative estimate of drug-likeness (QED) is 0.790. The van der Waals surface area contributed by atoms with Crippen molar-refractivity contribution in [3.63, 3.8) is 0 Å². The Balaban J connectivity index is 1.79. The number of halogens is 1. The number of rotatable bonds is 3. The zero-order valence-electron chi connectivity index (χ0n) is 16.1. The second-order valence-electron chi connectivity index (χ2n) is 7.17. The minimum Gasteiger partial charge on any atom is -0.383 e. The maximum Gasteiger partial charge on any atom is 0.270 e. The molecule has 0 spiro atoms. The van der Waals surface area contributed by atoms with Crippen molar-refractivity contribution < 1.29 is 9.59 Å². The predicted octanol–water partition coefficient (Wildman–Crippen LogP) is 3.79. The molecule has 6 nitrogen and oxygen atoms in total. The van der Waals surface area contributed by atoms with Crippen LogP contribution in [0, 0.1) is 11.3 Å². The van der Waals surface area contributed by atoms with Gasteiger partial charge in [0.1, 0.15) is 5.82 Å². The van der Waals surface area contributed by atoms with Gasteiger partial charge in [0.25, 0.3) is 5.91 Å². The van der Waals surface area contributed by atoms with Gasteiger partial charge in [0, 0.05) is 28.3 Å². The molecule has 7 heteroatoms. The molecule has 150 valence electrons. The fourth-order valence-electron chi connectivity index (χ4n) is 3.96. The van der Waals surface area contributed by atoms with Gasteiger partial charge in [-0.05, 0) is 42.7 Å². The molecule has 2 aromatic carbocycles. The number of carbonyl (C=O) groups excluding carboxylic acids is 2. The Labute approximate surface area is 179 Å². The summed E-state index contributed by atoms with van der Waals surface area (Å²) in [4.78, 5) is 25.7. The average Bonchev–Trinajstić information content (AvgIpc) is 2.76. The lowest BCUT2D eigenvalue weighted by Gasteiger charge is -2.39. The van der Waals surface area contributed by atoms with Gasteiger partial charge in [0.15, 0.2) is 5.78 Å². The largest absolute Gasteiger partial charge is 0.383 e. The summed E-state index contributed by atoms with van der Waals surface area (Å²) in [5, 5.41) is 11.8. The van der Waals surface area contributed by atoms with Crippen molar-refractivity contribution in [2.45, 2.75) is 25.2 Å². The number of amides is 1. The van der Waals surface area contributed by atoms with E-state index < -0.39 is 11.8 Å². The van der Waals surface area contributed by atoms with E-state index >= 15 is 0 Å². The maximum absolute atomic E-state index is 12.9. The second kappa shape index (κ2) is 8.05. The molecule has 0 fully saturated rings. The molecular formula is C23H19ClN4O2. The molecule has 0 bridgehead atoms. The summed E-state index contributed by atoms with van der Waals surface area (Å²) in [5.41, 5.74) is 11.7. The Bertz CT molecular complexity index is 1110. The van der Waals surface area contributed by atoms with Crippen molar-refractivity contribution in [1.29, 1.82) is 5.26 Å². The molecule has 0 radical (unpaired) electrons. The number of Topliss-reactive ketones (excluding diaryl/α,β-unsaturated/α-hetero) is 1. The standard InChI is InChI=1S/C23H19ClN4O2/c24-16-11-9-15(10-12-16)23(30)27-28-18-7-4-8-19(29)21(18)20(17(13-25)22(28)26)14-5-2-1-3-6-14/h1-3,5-6,9-12,20H,4,7-8,26H2,(H,27,30). The van der Waals surface area contributed by atoms with E-state index in [4.69, 9.17) is 17.3 Å². The highest BCUT2D eigenvalue weighted by Crippen LogP contribution is 2.43. The number of hydrogen-bond acceptors (Lipinski definition) is 5. The molecule has 4 rings (SSSR count). The molecule has 1 aliphatic carbocycles. The molecule has 2 aromatic rings. The number of nitrogens with one attached hydrogen (secondary N) is 1. The van der Waals surface area contributed by atoms with E-state index in [1.807, 2.05) is 30.3 Å². The van der Waals surface area contributed by atoms with E-state index in [1.54, 1.807) is 24.3 Å². The first-order chi connectivity index (χ1) is 14.5. The SMILES string of the molecule is N#CC1=C(N)N(NC(=O)c2ccc(Cl)cc2)C2=C(C(=O)CCC2)C1c1ccccc1. The summed E-state index contributed by atoms with van der Waals surface area (Å²) >= 11 is 5.90. The van der Waals surface area contributed by atoms with E-state index in [1.165, 1.54) is 5.01 Å². The molecule has 1 aliphatic heterocycles. The Morgan fingerprint density at radius 3 is 2.50 bits per heavy atom. The molecule has 1 atom stereocenters. The molecular weight excluding hydrogens is 400 g/mol. The number of allylic oxidation sites excluding steroid dienone is 3. The van der Waals surface area contributed by atoms with Gasteiger partial charge >= 0.3 is 0 Å². The second-order valence-corrected chi connectivity index (χ2v) is 7.61. The predicted molar refractivity (Wildman–Crippen MR) is 113 cm³/mol. The maximum atomic E-state index is 12.9. The topological polar surface area (TPSA) is 99.2 Å². The summed E-state index contributed by atoms with van der Waals surface area (Å²) < 4.78 is 0. The summed E-state index contributed by atoms with van der Waals surface area (Å²) in [7, 11) is 0. The van der Waals surface area contributed by atoms with Crippen LogP contribution in [-0.4, -0.2) is 16.7 Å². The molecule has 1 unspecified atom stereocenters. The van der Waals surface area contributed by atoms with Crippen LogP contribution < -0.4 is 11.2 Å². The highest BCUT2D eigenvalue weighted by Gasteiger charge is 2.40. The molecule has 1 amide bonds. The van der Waals surface area contributed by atoms with Crippen LogP contribution >= 0.6 is 11.6 Å². The van der Waals surface area contributed by atoms with Crippen LogP contribution in [0.2, 0.25) is 5.02 Å². The first-order valence-electron chi connectivity index (χ1n) is 9.59. The number of ketones is 1. The van der Waals surface area contributed by atoms with Gasteiger partial charge < -0.3 is 5.73 Å². The van der Waals surface area contributed by atoms with Crippen molar-refractivity contribution in [1.82, 2.24) is 10.4 Å². The Morgan fingerprint density at radius 2 is 1.83 bits per heavy atom. The average molecular weight is 419 g/mol. The molecule has 2 aliphatic rings. The van der Waals surface area contributed by atoms with Crippen LogP contribution in [0.25, 0.3) is 0 Å². The third-order valence-electron chi connectivity index (χ3n) is 5.37. The van der Waals surface area contributed by atoms with Crippen LogP contribution in [0.1, 0.15) is 41.1 Å². The fourth-order valence-corrected chi connectivity index (χ4v) is 4.09. The van der Waals surface area contributed by atoms with Crippen molar-refractivity contribution in [2.24, 2.45) is 5.73 Å².